The number of nitrogens with one attached hydrogen (secondary N) is 2. The van der Waals surface area contributed by atoms with E-state index in [-0.39, 0.29) is 11.4 Å². The molecule has 0 aliphatic carbocycles. The van der Waals surface area contributed by atoms with Crippen molar-refractivity contribution in [2.75, 3.05) is 13.1 Å². The maximum Gasteiger partial charge on any atom is 0.253 e. The first-order chi connectivity index (χ1) is 8.00. The Morgan fingerprint density at radius 1 is 1.47 bits per heavy atom. The molecule has 1 aromatic rings. The van der Waals surface area contributed by atoms with Crippen LogP contribution in [0.5, 0.6) is 0 Å². The van der Waals surface area contributed by atoms with Gasteiger partial charge in [0.15, 0.2) is 0 Å². The molecule has 1 aliphatic rings. The van der Waals surface area contributed by atoms with Gasteiger partial charge in [-0.25, -0.2) is 0 Å². The van der Waals surface area contributed by atoms with E-state index in [9.17, 15) is 4.79 Å². The molecular formula is C11H14Br2N2OS. The molecule has 0 bridgehead atoms. The molecule has 17 heavy (non-hydrogen) atoms. The van der Waals surface area contributed by atoms with Gasteiger partial charge in [-0.15, -0.1) is 11.3 Å². The molecule has 3 nitrogen and oxygen atoms in total. The van der Waals surface area contributed by atoms with Crippen LogP contribution in [0.25, 0.3) is 0 Å². The Morgan fingerprint density at radius 2 is 2.12 bits per heavy atom. The molecule has 1 aromatic heterocycles. The van der Waals surface area contributed by atoms with Gasteiger partial charge in [0.1, 0.15) is 0 Å². The highest BCUT2D eigenvalue weighted by Crippen LogP contribution is 2.32. The van der Waals surface area contributed by atoms with Gasteiger partial charge in [-0.1, -0.05) is 0 Å². The van der Waals surface area contributed by atoms with Crippen LogP contribution in [0.2, 0.25) is 0 Å². The minimum Gasteiger partial charge on any atom is -0.347 e. The Hall–Kier alpha value is 0.0900. The van der Waals surface area contributed by atoms with E-state index in [1.54, 1.807) is 0 Å². The van der Waals surface area contributed by atoms with E-state index < -0.39 is 0 Å². The molecule has 0 radical (unpaired) electrons. The zero-order valence-corrected chi connectivity index (χ0v) is 13.5. The lowest BCUT2D eigenvalue weighted by Crippen LogP contribution is -2.52. The third-order valence-corrected chi connectivity index (χ3v) is 5.36. The summed E-state index contributed by atoms with van der Waals surface area (Å²) in [4.78, 5) is 12.2. The van der Waals surface area contributed by atoms with Crippen molar-refractivity contribution < 1.29 is 4.79 Å². The number of halogens is 2. The maximum atomic E-state index is 12.2. The van der Waals surface area contributed by atoms with Crippen molar-refractivity contribution in [3.8, 4) is 0 Å². The molecule has 0 saturated carbocycles. The third-order valence-electron chi connectivity index (χ3n) is 3.02. The number of hydrogen-bond acceptors (Lipinski definition) is 3. The molecule has 2 heterocycles. The van der Waals surface area contributed by atoms with E-state index in [1.165, 1.54) is 11.3 Å². The number of carbonyl (C=O) groups is 1. The van der Waals surface area contributed by atoms with Crippen molar-refractivity contribution in [2.45, 2.75) is 25.3 Å². The van der Waals surface area contributed by atoms with Crippen LogP contribution in [0.15, 0.2) is 13.6 Å². The summed E-state index contributed by atoms with van der Waals surface area (Å²) in [6.45, 7) is 4.04. The number of amides is 1. The van der Waals surface area contributed by atoms with Gasteiger partial charge < -0.3 is 10.6 Å². The van der Waals surface area contributed by atoms with Gasteiger partial charge in [0.25, 0.3) is 5.91 Å². The number of carbonyl (C=O) groups excluding carboxylic acids is 1. The highest BCUT2D eigenvalue weighted by atomic mass is 79.9. The first-order valence-corrected chi connectivity index (χ1v) is 7.88. The Labute approximate surface area is 122 Å². The SMILES string of the molecule is CC1(NC(=O)c2cc(Br)sc2Br)CCNCC1. The molecule has 1 aliphatic heterocycles. The van der Waals surface area contributed by atoms with Gasteiger partial charge in [-0.3, -0.25) is 4.79 Å². The van der Waals surface area contributed by atoms with Crippen LogP contribution in [0.3, 0.4) is 0 Å². The summed E-state index contributed by atoms with van der Waals surface area (Å²) in [6, 6.07) is 1.86. The second-order valence-electron chi connectivity index (χ2n) is 4.50. The van der Waals surface area contributed by atoms with Crippen LogP contribution in [-0.4, -0.2) is 24.5 Å². The minimum absolute atomic E-state index is 0.00299. The molecule has 0 atom stereocenters. The summed E-state index contributed by atoms with van der Waals surface area (Å²) in [5.74, 6) is 0.00299. The van der Waals surface area contributed by atoms with Gasteiger partial charge in [0.2, 0.25) is 0 Å². The number of hydrogen-bond donors (Lipinski definition) is 2. The first kappa shape index (κ1) is 13.5. The molecular weight excluding hydrogens is 368 g/mol. The summed E-state index contributed by atoms with van der Waals surface area (Å²) in [5.41, 5.74) is 0.623. The van der Waals surface area contributed by atoms with E-state index in [0.717, 1.165) is 33.5 Å². The second-order valence-corrected chi connectivity index (χ2v) is 8.25. The topological polar surface area (TPSA) is 41.1 Å². The molecule has 0 aromatic carbocycles. The van der Waals surface area contributed by atoms with Crippen molar-refractivity contribution in [1.82, 2.24) is 10.6 Å². The minimum atomic E-state index is -0.0871. The lowest BCUT2D eigenvalue weighted by molar-refractivity contribution is 0.0887. The van der Waals surface area contributed by atoms with Gasteiger partial charge in [0, 0.05) is 5.54 Å². The molecule has 1 fully saturated rings. The van der Waals surface area contributed by atoms with Crippen LogP contribution in [-0.2, 0) is 0 Å². The van der Waals surface area contributed by atoms with Crippen molar-refractivity contribution in [1.29, 1.82) is 0 Å². The standard InChI is InChI=1S/C11H14Br2N2OS/c1-11(2-4-14-5-3-11)15-10(16)7-6-8(12)17-9(7)13/h6,14H,2-5H2,1H3,(H,15,16). The normalized spacial score (nSPS) is 19.0. The average molecular weight is 382 g/mol. The monoisotopic (exact) mass is 380 g/mol. The fourth-order valence-corrected chi connectivity index (χ4v) is 4.73. The molecule has 0 unspecified atom stereocenters. The summed E-state index contributed by atoms with van der Waals surface area (Å²) in [5, 5.41) is 6.45. The molecule has 6 heteroatoms. The molecule has 1 saturated heterocycles. The highest BCUT2D eigenvalue weighted by molar-refractivity contribution is 9.12. The van der Waals surface area contributed by atoms with Crippen LogP contribution in [0.1, 0.15) is 30.1 Å². The molecule has 1 amide bonds. The van der Waals surface area contributed by atoms with Crippen LogP contribution in [0.4, 0.5) is 0 Å². The lowest BCUT2D eigenvalue weighted by Gasteiger charge is -2.34. The molecule has 0 spiro atoms. The largest absolute Gasteiger partial charge is 0.347 e. The van der Waals surface area contributed by atoms with Crippen LogP contribution < -0.4 is 10.6 Å². The van der Waals surface area contributed by atoms with Crippen molar-refractivity contribution in [3.05, 3.63) is 19.2 Å². The first-order valence-electron chi connectivity index (χ1n) is 5.48. The maximum absolute atomic E-state index is 12.2. The van der Waals surface area contributed by atoms with E-state index >= 15 is 0 Å². The van der Waals surface area contributed by atoms with E-state index in [1.807, 2.05) is 6.07 Å². The average Bonchev–Trinajstić information content (AvgIpc) is 2.58. The molecule has 94 valence electrons. The molecule has 2 rings (SSSR count). The van der Waals surface area contributed by atoms with E-state index in [0.29, 0.717) is 5.56 Å². The van der Waals surface area contributed by atoms with Crippen molar-refractivity contribution in [3.63, 3.8) is 0 Å². The predicted octanol–water partition coefficient (Wildman–Crippen LogP) is 3.15. The highest BCUT2D eigenvalue weighted by Gasteiger charge is 2.29. The number of rotatable bonds is 2. The summed E-state index contributed by atoms with van der Waals surface area (Å²) in [7, 11) is 0. The van der Waals surface area contributed by atoms with Gasteiger partial charge >= 0.3 is 0 Å². The zero-order chi connectivity index (χ0) is 12.5. The Morgan fingerprint density at radius 3 is 2.65 bits per heavy atom. The second kappa shape index (κ2) is 5.38. The number of piperidine rings is 1. The Kier molecular flexibility index (Phi) is 4.28. The van der Waals surface area contributed by atoms with Gasteiger partial charge in [-0.05, 0) is 70.8 Å². The van der Waals surface area contributed by atoms with Crippen molar-refractivity contribution in [2.24, 2.45) is 0 Å². The van der Waals surface area contributed by atoms with E-state index in [2.05, 4.69) is 49.4 Å². The van der Waals surface area contributed by atoms with Crippen LogP contribution in [0, 0.1) is 0 Å². The molecule has 2 N–H and O–H groups in total. The summed E-state index contributed by atoms with van der Waals surface area (Å²) >= 11 is 8.32. The van der Waals surface area contributed by atoms with Crippen LogP contribution >= 0.6 is 43.2 Å². The summed E-state index contributed by atoms with van der Waals surface area (Å²) < 4.78 is 1.84. The Bertz CT molecular complexity index is 427. The smallest absolute Gasteiger partial charge is 0.253 e. The number of thiophene rings is 1. The lowest BCUT2D eigenvalue weighted by atomic mass is 9.90. The van der Waals surface area contributed by atoms with Gasteiger partial charge in [0.05, 0.1) is 13.1 Å². The quantitative estimate of drug-likeness (QED) is 0.826. The predicted molar refractivity (Wildman–Crippen MR) is 77.7 cm³/mol. The fraction of sp³-hybridized carbons (Fsp3) is 0.545. The Balaban J connectivity index is 2.08. The third kappa shape index (κ3) is 3.30. The van der Waals surface area contributed by atoms with Crippen molar-refractivity contribution >= 4 is 49.1 Å². The zero-order valence-electron chi connectivity index (χ0n) is 9.48. The fourth-order valence-electron chi connectivity index (χ4n) is 1.94. The van der Waals surface area contributed by atoms with E-state index in [4.69, 9.17) is 0 Å². The van der Waals surface area contributed by atoms with Gasteiger partial charge in [-0.2, -0.15) is 0 Å². The summed E-state index contributed by atoms with van der Waals surface area (Å²) in [6.07, 6.45) is 1.95.